The van der Waals surface area contributed by atoms with Crippen LogP contribution in [0.5, 0.6) is 0 Å². The minimum atomic E-state index is 0.326. The van der Waals surface area contributed by atoms with Crippen LogP contribution in [0.1, 0.15) is 43.7 Å². The second-order valence-electron chi connectivity index (χ2n) is 7.38. The SMILES string of the molecule is CN=C(NCCCN1CCCCCC1)NCC(c1ccccc1)N(C)C. The largest absolute Gasteiger partial charge is 0.356 e. The maximum atomic E-state index is 4.37. The summed E-state index contributed by atoms with van der Waals surface area (Å²) >= 11 is 0. The summed E-state index contributed by atoms with van der Waals surface area (Å²) in [5.74, 6) is 0.892. The number of likely N-dealkylation sites (N-methyl/N-ethyl adjacent to an activating group) is 1. The number of rotatable bonds is 8. The third kappa shape index (κ3) is 7.34. The van der Waals surface area contributed by atoms with Gasteiger partial charge in [0.2, 0.25) is 0 Å². The van der Waals surface area contributed by atoms with Gasteiger partial charge in [0.15, 0.2) is 5.96 Å². The Morgan fingerprint density at radius 3 is 2.38 bits per heavy atom. The average Bonchev–Trinajstić information content (AvgIpc) is 2.93. The van der Waals surface area contributed by atoms with Crippen molar-refractivity contribution in [1.82, 2.24) is 20.4 Å². The molecule has 0 amide bonds. The topological polar surface area (TPSA) is 42.9 Å². The van der Waals surface area contributed by atoms with E-state index in [-0.39, 0.29) is 0 Å². The van der Waals surface area contributed by atoms with Gasteiger partial charge in [0.05, 0.1) is 6.04 Å². The van der Waals surface area contributed by atoms with Crippen molar-refractivity contribution in [3.05, 3.63) is 35.9 Å². The van der Waals surface area contributed by atoms with Crippen LogP contribution in [0, 0.1) is 0 Å². The molecule has 1 heterocycles. The van der Waals surface area contributed by atoms with Crippen LogP contribution in [0.15, 0.2) is 35.3 Å². The summed E-state index contributed by atoms with van der Waals surface area (Å²) in [4.78, 5) is 9.23. The summed E-state index contributed by atoms with van der Waals surface area (Å²) < 4.78 is 0. The van der Waals surface area contributed by atoms with Gasteiger partial charge in [0, 0.05) is 20.1 Å². The van der Waals surface area contributed by atoms with Crippen LogP contribution in [0.4, 0.5) is 0 Å². The lowest BCUT2D eigenvalue weighted by atomic mass is 10.1. The van der Waals surface area contributed by atoms with Crippen LogP contribution in [0.2, 0.25) is 0 Å². The van der Waals surface area contributed by atoms with Crippen molar-refractivity contribution in [3.63, 3.8) is 0 Å². The Labute approximate surface area is 159 Å². The minimum absolute atomic E-state index is 0.326. The predicted molar refractivity (Wildman–Crippen MR) is 112 cm³/mol. The lowest BCUT2D eigenvalue weighted by molar-refractivity contribution is 0.281. The van der Waals surface area contributed by atoms with Crippen LogP contribution in [-0.4, -0.2) is 69.6 Å². The van der Waals surface area contributed by atoms with Gasteiger partial charge in [-0.3, -0.25) is 4.99 Å². The first-order valence-electron chi connectivity index (χ1n) is 10.1. The maximum absolute atomic E-state index is 4.37. The summed E-state index contributed by atoms with van der Waals surface area (Å²) in [6, 6.07) is 11.0. The number of nitrogens with one attached hydrogen (secondary N) is 2. The molecule has 0 radical (unpaired) electrons. The van der Waals surface area contributed by atoms with Crippen molar-refractivity contribution in [2.75, 3.05) is 53.9 Å². The third-order valence-corrected chi connectivity index (χ3v) is 5.14. The number of nitrogens with zero attached hydrogens (tertiary/aromatic N) is 3. The van der Waals surface area contributed by atoms with Gasteiger partial charge in [0.1, 0.15) is 0 Å². The van der Waals surface area contributed by atoms with Crippen molar-refractivity contribution < 1.29 is 0 Å². The zero-order valence-electron chi connectivity index (χ0n) is 16.9. The van der Waals surface area contributed by atoms with E-state index in [1.165, 1.54) is 50.9 Å². The molecule has 0 aromatic heterocycles. The smallest absolute Gasteiger partial charge is 0.191 e. The lowest BCUT2D eigenvalue weighted by Crippen LogP contribution is -2.42. The molecule has 1 fully saturated rings. The second-order valence-corrected chi connectivity index (χ2v) is 7.38. The van der Waals surface area contributed by atoms with Gasteiger partial charge >= 0.3 is 0 Å². The molecule has 2 N–H and O–H groups in total. The molecule has 5 heteroatoms. The summed E-state index contributed by atoms with van der Waals surface area (Å²) in [5.41, 5.74) is 1.32. The third-order valence-electron chi connectivity index (χ3n) is 5.14. The molecular formula is C21H37N5. The Kier molecular flexibility index (Phi) is 9.50. The zero-order chi connectivity index (χ0) is 18.6. The van der Waals surface area contributed by atoms with E-state index in [0.29, 0.717) is 6.04 Å². The number of benzene rings is 1. The van der Waals surface area contributed by atoms with Crippen LogP contribution in [-0.2, 0) is 0 Å². The highest BCUT2D eigenvalue weighted by molar-refractivity contribution is 5.79. The predicted octanol–water partition coefficient (Wildman–Crippen LogP) is 2.72. The Morgan fingerprint density at radius 1 is 1.08 bits per heavy atom. The van der Waals surface area contributed by atoms with E-state index in [1.807, 2.05) is 7.05 Å². The van der Waals surface area contributed by atoms with Gasteiger partial charge in [-0.2, -0.15) is 0 Å². The minimum Gasteiger partial charge on any atom is -0.356 e. The van der Waals surface area contributed by atoms with E-state index in [4.69, 9.17) is 0 Å². The number of aliphatic imine (C=N–C) groups is 1. The molecular weight excluding hydrogens is 322 g/mol. The van der Waals surface area contributed by atoms with E-state index in [9.17, 15) is 0 Å². The van der Waals surface area contributed by atoms with Crippen molar-refractivity contribution in [2.45, 2.75) is 38.1 Å². The fourth-order valence-electron chi connectivity index (χ4n) is 3.56. The Bertz CT molecular complexity index is 506. The second kappa shape index (κ2) is 11.9. The van der Waals surface area contributed by atoms with Crippen molar-refractivity contribution in [2.24, 2.45) is 4.99 Å². The molecule has 0 aliphatic carbocycles. The first kappa shape index (κ1) is 20.7. The fourth-order valence-corrected chi connectivity index (χ4v) is 3.56. The highest BCUT2D eigenvalue weighted by Crippen LogP contribution is 2.16. The van der Waals surface area contributed by atoms with Gasteiger partial charge < -0.3 is 20.4 Å². The number of hydrogen-bond acceptors (Lipinski definition) is 3. The quantitative estimate of drug-likeness (QED) is 0.425. The maximum Gasteiger partial charge on any atom is 0.191 e. The first-order chi connectivity index (χ1) is 12.7. The standard InChI is InChI=1S/C21H37N5/c1-22-21(23-14-11-17-26-15-9-4-5-10-16-26)24-18-20(25(2)3)19-12-7-6-8-13-19/h6-8,12-13,20H,4-5,9-11,14-18H2,1-3H3,(H2,22,23,24). The van der Waals surface area contributed by atoms with Gasteiger partial charge in [-0.1, -0.05) is 43.2 Å². The van der Waals surface area contributed by atoms with Crippen molar-refractivity contribution >= 4 is 5.96 Å². The number of guanidine groups is 1. The highest BCUT2D eigenvalue weighted by Gasteiger charge is 2.14. The van der Waals surface area contributed by atoms with Gasteiger partial charge in [0.25, 0.3) is 0 Å². The first-order valence-corrected chi connectivity index (χ1v) is 10.1. The molecule has 1 atom stereocenters. The average molecular weight is 360 g/mol. The van der Waals surface area contributed by atoms with Crippen molar-refractivity contribution in [1.29, 1.82) is 0 Å². The Balaban J connectivity index is 1.71. The van der Waals surface area contributed by atoms with Gasteiger partial charge in [-0.05, 0) is 58.6 Å². The number of likely N-dealkylation sites (tertiary alicyclic amines) is 1. The van der Waals surface area contributed by atoms with E-state index in [1.54, 1.807) is 0 Å². The summed E-state index contributed by atoms with van der Waals surface area (Å²) in [7, 11) is 6.09. The molecule has 1 aromatic carbocycles. The van der Waals surface area contributed by atoms with Crippen molar-refractivity contribution in [3.8, 4) is 0 Å². The molecule has 1 aliphatic rings. The highest BCUT2D eigenvalue weighted by atomic mass is 15.2. The van der Waals surface area contributed by atoms with E-state index in [2.05, 4.69) is 69.9 Å². The Morgan fingerprint density at radius 2 is 1.77 bits per heavy atom. The van der Waals surface area contributed by atoms with E-state index < -0.39 is 0 Å². The Hall–Kier alpha value is -1.59. The molecule has 2 rings (SSSR count). The molecule has 1 unspecified atom stereocenters. The van der Waals surface area contributed by atoms with Crippen LogP contribution in [0.3, 0.4) is 0 Å². The lowest BCUT2D eigenvalue weighted by Gasteiger charge is -2.26. The van der Waals surface area contributed by atoms with Gasteiger partial charge in [-0.25, -0.2) is 0 Å². The van der Waals surface area contributed by atoms with Crippen LogP contribution in [0.25, 0.3) is 0 Å². The zero-order valence-corrected chi connectivity index (χ0v) is 16.9. The summed E-state index contributed by atoms with van der Waals surface area (Å²) in [5, 5.41) is 6.95. The van der Waals surface area contributed by atoms with E-state index in [0.717, 1.165) is 25.5 Å². The molecule has 1 saturated heterocycles. The summed E-state index contributed by atoms with van der Waals surface area (Å²) in [6.45, 7) is 5.54. The van der Waals surface area contributed by atoms with Gasteiger partial charge in [-0.15, -0.1) is 0 Å². The van der Waals surface area contributed by atoms with Crippen LogP contribution >= 0.6 is 0 Å². The molecule has 0 spiro atoms. The molecule has 1 aromatic rings. The van der Waals surface area contributed by atoms with Crippen LogP contribution < -0.4 is 10.6 Å². The normalized spacial score (nSPS) is 17.8. The monoisotopic (exact) mass is 359 g/mol. The molecule has 26 heavy (non-hydrogen) atoms. The molecule has 1 aliphatic heterocycles. The fraction of sp³-hybridized carbons (Fsp3) is 0.667. The molecule has 146 valence electrons. The summed E-state index contributed by atoms with van der Waals surface area (Å²) in [6.07, 6.45) is 6.69. The number of hydrogen-bond donors (Lipinski definition) is 2. The van der Waals surface area contributed by atoms with E-state index >= 15 is 0 Å². The molecule has 0 saturated carbocycles. The molecule has 5 nitrogen and oxygen atoms in total. The molecule has 0 bridgehead atoms.